The van der Waals surface area contributed by atoms with Gasteiger partial charge in [-0.05, 0) is 72.8 Å². The van der Waals surface area contributed by atoms with Crippen LogP contribution in [0.5, 0.6) is 0 Å². The van der Waals surface area contributed by atoms with E-state index >= 15 is 0 Å². The fourth-order valence-electron chi connectivity index (χ4n) is 7.24. The van der Waals surface area contributed by atoms with E-state index < -0.39 is 0 Å². The highest BCUT2D eigenvalue weighted by Crippen LogP contribution is 2.49. The Balaban J connectivity index is 1.28. The minimum absolute atomic E-state index is 0.576. The topological polar surface area (TPSA) is 42.4 Å². The van der Waals surface area contributed by atoms with E-state index in [1.165, 1.54) is 40.3 Å². The zero-order chi connectivity index (χ0) is 32.1. The molecule has 0 saturated carbocycles. The quantitative estimate of drug-likeness (QED) is 0.188. The monoisotopic (exact) mass is 664 g/mol. The lowest BCUT2D eigenvalue weighted by molar-refractivity contribution is 0.618. The summed E-state index contributed by atoms with van der Waals surface area (Å²) in [5.74, 6) is 0.576. The molecule has 0 aliphatic heterocycles. The van der Waals surface area contributed by atoms with E-state index in [0.717, 1.165) is 50.1 Å². The van der Waals surface area contributed by atoms with Crippen molar-refractivity contribution in [3.63, 3.8) is 0 Å². The van der Waals surface area contributed by atoms with Crippen LogP contribution in [0.15, 0.2) is 154 Å². The summed E-state index contributed by atoms with van der Waals surface area (Å²) >= 11 is 3.65. The van der Waals surface area contributed by atoms with E-state index in [2.05, 4.69) is 108 Å². The summed E-state index contributed by atoms with van der Waals surface area (Å²) in [4.78, 5) is 7.39. The molecule has 11 aromatic rings. The molecule has 49 heavy (non-hydrogen) atoms. The molecule has 4 heterocycles. The highest BCUT2D eigenvalue weighted by molar-refractivity contribution is 7.26. The van der Waals surface area contributed by atoms with Crippen LogP contribution in [0.3, 0.4) is 0 Å². The largest absolute Gasteiger partial charge is 0.454 e. The van der Waals surface area contributed by atoms with Crippen molar-refractivity contribution in [2.45, 2.75) is 0 Å². The fraction of sp³-hybridized carbons (Fsp3) is 0. The van der Waals surface area contributed by atoms with Gasteiger partial charge in [0.1, 0.15) is 16.8 Å². The van der Waals surface area contributed by atoms with Gasteiger partial charge in [0.2, 0.25) is 5.89 Å². The second kappa shape index (κ2) is 10.3. The normalized spacial score (nSPS) is 12.1. The standard InChI is InChI=1S/C43H24N2O2S2/c1-2-10-25(11-3-1)43-44-34-24-33-28-12-4-7-15-35(28)46-41(33)40(42(34)47-43)45(26-18-20-38-31(22-26)29-13-5-8-16-36(29)48-38)27-19-21-39-32(23-27)30-14-6-9-17-37(30)49-39/h1-24H. The summed E-state index contributed by atoms with van der Waals surface area (Å²) in [5.41, 5.74) is 6.83. The van der Waals surface area contributed by atoms with E-state index in [1.807, 2.05) is 65.1 Å². The van der Waals surface area contributed by atoms with Crippen molar-refractivity contribution >= 4 is 113 Å². The molecule has 0 spiro atoms. The smallest absolute Gasteiger partial charge is 0.227 e. The second-order valence-electron chi connectivity index (χ2n) is 12.3. The molecule has 4 aromatic heterocycles. The Bertz CT molecular complexity index is 2960. The molecule has 0 fully saturated rings. The molecule has 0 radical (unpaired) electrons. The molecule has 4 nitrogen and oxygen atoms in total. The van der Waals surface area contributed by atoms with Crippen LogP contribution in [-0.4, -0.2) is 4.98 Å². The zero-order valence-electron chi connectivity index (χ0n) is 25.9. The summed E-state index contributed by atoms with van der Waals surface area (Å²) < 4.78 is 18.6. The van der Waals surface area contributed by atoms with E-state index in [9.17, 15) is 0 Å². The molecule has 0 saturated heterocycles. The van der Waals surface area contributed by atoms with Crippen LogP contribution >= 0.6 is 22.7 Å². The molecule has 0 N–H and O–H groups in total. The van der Waals surface area contributed by atoms with Gasteiger partial charge in [-0.15, -0.1) is 22.7 Å². The molecule has 0 aliphatic rings. The number of thiophene rings is 2. The number of anilines is 3. The number of fused-ring (bicyclic) bond motifs is 10. The molecule has 0 amide bonds. The molecule has 0 bridgehead atoms. The molecule has 230 valence electrons. The van der Waals surface area contributed by atoms with Crippen LogP contribution in [0.4, 0.5) is 17.1 Å². The lowest BCUT2D eigenvalue weighted by atomic mass is 10.1. The summed E-state index contributed by atoms with van der Waals surface area (Å²) in [6.07, 6.45) is 0. The number of rotatable bonds is 4. The Hall–Kier alpha value is -5.95. The van der Waals surface area contributed by atoms with Gasteiger partial charge in [0.05, 0.1) is 0 Å². The number of furan rings is 1. The van der Waals surface area contributed by atoms with E-state index in [1.54, 1.807) is 0 Å². The molecule has 6 heteroatoms. The summed E-state index contributed by atoms with van der Waals surface area (Å²) in [7, 11) is 0. The predicted octanol–water partition coefficient (Wildman–Crippen LogP) is 13.6. The van der Waals surface area contributed by atoms with Crippen LogP contribution in [0.2, 0.25) is 0 Å². The number of oxazole rings is 1. The van der Waals surface area contributed by atoms with Crippen molar-refractivity contribution in [3.05, 3.63) is 146 Å². The number of para-hydroxylation sites is 1. The Labute approximate surface area is 287 Å². The minimum atomic E-state index is 0.576. The van der Waals surface area contributed by atoms with Crippen molar-refractivity contribution < 1.29 is 8.83 Å². The molecular formula is C43H24N2O2S2. The zero-order valence-corrected chi connectivity index (χ0v) is 27.5. The van der Waals surface area contributed by atoms with Gasteiger partial charge in [-0.2, -0.15) is 0 Å². The number of benzene rings is 7. The molecule has 7 aromatic carbocycles. The Morgan fingerprint density at radius 2 is 1.02 bits per heavy atom. The summed E-state index contributed by atoms with van der Waals surface area (Å²) in [6, 6.07) is 51.3. The third-order valence-electron chi connectivity index (χ3n) is 9.48. The van der Waals surface area contributed by atoms with Gasteiger partial charge in [-0.1, -0.05) is 72.8 Å². The van der Waals surface area contributed by atoms with Gasteiger partial charge in [-0.3, -0.25) is 0 Å². The first-order chi connectivity index (χ1) is 24.3. The van der Waals surface area contributed by atoms with Crippen molar-refractivity contribution in [2.75, 3.05) is 4.90 Å². The van der Waals surface area contributed by atoms with Gasteiger partial charge in [0.15, 0.2) is 11.2 Å². The van der Waals surface area contributed by atoms with Crippen LogP contribution in [0.1, 0.15) is 0 Å². The maximum atomic E-state index is 6.79. The van der Waals surface area contributed by atoms with Gasteiger partial charge >= 0.3 is 0 Å². The lowest BCUT2D eigenvalue weighted by Gasteiger charge is -2.26. The molecule has 0 unspecified atom stereocenters. The summed E-state index contributed by atoms with van der Waals surface area (Å²) in [6.45, 7) is 0. The van der Waals surface area contributed by atoms with Crippen LogP contribution < -0.4 is 4.90 Å². The van der Waals surface area contributed by atoms with Crippen molar-refractivity contribution in [3.8, 4) is 11.5 Å². The highest BCUT2D eigenvalue weighted by atomic mass is 32.1. The van der Waals surface area contributed by atoms with E-state index in [0.29, 0.717) is 11.5 Å². The molecule has 11 rings (SSSR count). The predicted molar refractivity (Wildman–Crippen MR) is 207 cm³/mol. The SMILES string of the molecule is c1ccc(-c2nc3cc4c(oc5ccccc54)c(N(c4ccc5sc6ccccc6c5c4)c4ccc5sc6ccccc6c5c4)c3o2)cc1. The first-order valence-corrected chi connectivity index (χ1v) is 17.8. The Morgan fingerprint density at radius 3 is 1.69 bits per heavy atom. The minimum Gasteiger partial charge on any atom is -0.454 e. The first-order valence-electron chi connectivity index (χ1n) is 16.2. The average molecular weight is 665 g/mol. The second-order valence-corrected chi connectivity index (χ2v) is 14.5. The number of hydrogen-bond donors (Lipinski definition) is 0. The maximum absolute atomic E-state index is 6.79. The van der Waals surface area contributed by atoms with E-state index in [4.69, 9.17) is 13.8 Å². The van der Waals surface area contributed by atoms with Gasteiger partial charge < -0.3 is 13.7 Å². The highest BCUT2D eigenvalue weighted by Gasteiger charge is 2.27. The Morgan fingerprint density at radius 1 is 0.449 bits per heavy atom. The molecule has 0 atom stereocenters. The summed E-state index contributed by atoms with van der Waals surface area (Å²) in [5, 5.41) is 6.99. The van der Waals surface area contributed by atoms with Crippen LogP contribution in [0.25, 0.3) is 84.8 Å². The number of hydrogen-bond acceptors (Lipinski definition) is 6. The van der Waals surface area contributed by atoms with Crippen LogP contribution in [0, 0.1) is 0 Å². The Kier molecular flexibility index (Phi) is 5.67. The third-order valence-corrected chi connectivity index (χ3v) is 11.8. The maximum Gasteiger partial charge on any atom is 0.227 e. The third kappa shape index (κ3) is 4.05. The van der Waals surface area contributed by atoms with Crippen molar-refractivity contribution in [1.29, 1.82) is 0 Å². The number of aromatic nitrogens is 1. The van der Waals surface area contributed by atoms with Gasteiger partial charge in [0.25, 0.3) is 0 Å². The fourth-order valence-corrected chi connectivity index (χ4v) is 9.42. The lowest BCUT2D eigenvalue weighted by Crippen LogP contribution is -2.10. The molecule has 0 aliphatic carbocycles. The van der Waals surface area contributed by atoms with E-state index in [-0.39, 0.29) is 0 Å². The van der Waals surface area contributed by atoms with Crippen molar-refractivity contribution in [1.82, 2.24) is 4.98 Å². The first kappa shape index (κ1) is 27.0. The van der Waals surface area contributed by atoms with Gasteiger partial charge in [-0.25, -0.2) is 4.98 Å². The van der Waals surface area contributed by atoms with Crippen LogP contribution in [-0.2, 0) is 0 Å². The van der Waals surface area contributed by atoms with Gasteiger partial charge in [0, 0.05) is 68.1 Å². The number of nitrogens with zero attached hydrogens (tertiary/aromatic N) is 2. The molecular weight excluding hydrogens is 641 g/mol. The van der Waals surface area contributed by atoms with Crippen molar-refractivity contribution in [2.24, 2.45) is 0 Å². The average Bonchev–Trinajstić information content (AvgIpc) is 3.93.